The lowest BCUT2D eigenvalue weighted by atomic mass is 10.2. The largest absolute Gasteiger partial charge is 0.462 e. The second kappa shape index (κ2) is 7.74. The molecular formula is C12H14N4O4. The van der Waals surface area contributed by atoms with Gasteiger partial charge in [0.05, 0.1) is 12.2 Å². The van der Waals surface area contributed by atoms with Gasteiger partial charge in [-0.25, -0.2) is 14.8 Å². The smallest absolute Gasteiger partial charge is 0.341 e. The Balaban J connectivity index is 2.75. The van der Waals surface area contributed by atoms with Crippen molar-refractivity contribution < 1.29 is 19.1 Å². The molecule has 0 bridgehead atoms. The van der Waals surface area contributed by atoms with Crippen molar-refractivity contribution in [2.45, 2.75) is 6.92 Å². The van der Waals surface area contributed by atoms with Gasteiger partial charge in [0.1, 0.15) is 6.29 Å². The van der Waals surface area contributed by atoms with Gasteiger partial charge in [-0.2, -0.15) is 0 Å². The monoisotopic (exact) mass is 278 g/mol. The van der Waals surface area contributed by atoms with Gasteiger partial charge in [0.2, 0.25) is 5.95 Å². The van der Waals surface area contributed by atoms with E-state index in [0.717, 1.165) is 6.08 Å². The summed E-state index contributed by atoms with van der Waals surface area (Å²) < 4.78 is 4.77. The Bertz CT molecular complexity index is 525. The van der Waals surface area contributed by atoms with E-state index in [9.17, 15) is 14.4 Å². The third-order valence-corrected chi connectivity index (χ3v) is 2.17. The Morgan fingerprint density at radius 1 is 1.40 bits per heavy atom. The summed E-state index contributed by atoms with van der Waals surface area (Å²) in [6.07, 6.45) is 3.98. The van der Waals surface area contributed by atoms with E-state index in [2.05, 4.69) is 15.3 Å². The number of aromatic nitrogens is 2. The van der Waals surface area contributed by atoms with Crippen LogP contribution in [-0.2, 0) is 14.3 Å². The van der Waals surface area contributed by atoms with Gasteiger partial charge in [-0.15, -0.1) is 0 Å². The average molecular weight is 278 g/mol. The number of esters is 1. The number of aldehydes is 1. The van der Waals surface area contributed by atoms with E-state index in [-0.39, 0.29) is 30.2 Å². The molecule has 1 rings (SSSR count). The molecule has 0 unspecified atom stereocenters. The second-order valence-corrected chi connectivity index (χ2v) is 3.50. The van der Waals surface area contributed by atoms with Crippen molar-refractivity contribution in [2.24, 2.45) is 5.73 Å². The number of hydrogen-bond acceptors (Lipinski definition) is 7. The Hall–Kier alpha value is -2.61. The zero-order valence-corrected chi connectivity index (χ0v) is 10.8. The van der Waals surface area contributed by atoms with Crippen molar-refractivity contribution in [3.8, 4) is 0 Å². The van der Waals surface area contributed by atoms with E-state index < -0.39 is 11.9 Å². The minimum Gasteiger partial charge on any atom is -0.462 e. The van der Waals surface area contributed by atoms with Gasteiger partial charge in [-0.3, -0.25) is 14.9 Å². The fourth-order valence-electron chi connectivity index (χ4n) is 1.21. The molecule has 20 heavy (non-hydrogen) atoms. The van der Waals surface area contributed by atoms with Crippen LogP contribution in [0.15, 0.2) is 24.0 Å². The van der Waals surface area contributed by atoms with Crippen molar-refractivity contribution in [3.63, 3.8) is 0 Å². The highest BCUT2D eigenvalue weighted by molar-refractivity contribution is 6.05. The second-order valence-electron chi connectivity index (χ2n) is 3.50. The molecule has 0 fully saturated rings. The molecule has 1 aromatic rings. The molecule has 0 aliphatic rings. The Kier molecular flexibility index (Phi) is 5.98. The van der Waals surface area contributed by atoms with Crippen LogP contribution >= 0.6 is 0 Å². The number of amides is 1. The van der Waals surface area contributed by atoms with Crippen molar-refractivity contribution in [3.05, 3.63) is 29.6 Å². The summed E-state index contributed by atoms with van der Waals surface area (Å²) in [6.45, 7) is 1.83. The van der Waals surface area contributed by atoms with E-state index in [0.29, 0.717) is 6.29 Å². The van der Waals surface area contributed by atoms with Crippen molar-refractivity contribution in [1.82, 2.24) is 9.97 Å². The van der Waals surface area contributed by atoms with Crippen LogP contribution in [-0.4, -0.2) is 41.3 Å². The molecule has 0 spiro atoms. The summed E-state index contributed by atoms with van der Waals surface area (Å²) in [6, 6.07) is 0. The normalized spacial score (nSPS) is 10.8. The third-order valence-electron chi connectivity index (χ3n) is 2.17. The molecule has 8 heteroatoms. The van der Waals surface area contributed by atoms with Crippen molar-refractivity contribution >= 4 is 24.1 Å². The van der Waals surface area contributed by atoms with Gasteiger partial charge in [0.25, 0.3) is 5.91 Å². The zero-order valence-electron chi connectivity index (χ0n) is 10.8. The maximum Gasteiger partial charge on any atom is 0.341 e. The molecule has 106 valence electrons. The molecule has 0 aromatic carbocycles. The summed E-state index contributed by atoms with van der Waals surface area (Å²) in [5.74, 6) is -1.13. The zero-order chi connectivity index (χ0) is 15.0. The van der Waals surface area contributed by atoms with Gasteiger partial charge in [-0.05, 0) is 13.0 Å². The first-order valence-electron chi connectivity index (χ1n) is 5.77. The molecule has 0 aliphatic heterocycles. The lowest BCUT2D eigenvalue weighted by molar-refractivity contribution is -0.113. The number of carbonyl (C=O) groups is 3. The van der Waals surface area contributed by atoms with Crippen LogP contribution in [0.2, 0.25) is 0 Å². The van der Waals surface area contributed by atoms with Crippen molar-refractivity contribution in [1.29, 1.82) is 0 Å². The summed E-state index contributed by atoms with van der Waals surface area (Å²) in [5.41, 5.74) is 5.59. The Morgan fingerprint density at radius 3 is 2.55 bits per heavy atom. The molecule has 1 aromatic heterocycles. The predicted octanol–water partition coefficient (Wildman–Crippen LogP) is -0.324. The molecule has 0 atom stereocenters. The highest BCUT2D eigenvalue weighted by Crippen LogP contribution is 2.04. The molecule has 1 heterocycles. The van der Waals surface area contributed by atoms with Crippen LogP contribution < -0.4 is 11.1 Å². The Morgan fingerprint density at radius 2 is 2.05 bits per heavy atom. The minimum absolute atomic E-state index is 0.00621. The molecule has 0 aliphatic carbocycles. The number of anilines is 1. The maximum atomic E-state index is 11.7. The fraction of sp³-hybridized carbons (Fsp3) is 0.250. The quantitative estimate of drug-likeness (QED) is 0.415. The van der Waals surface area contributed by atoms with E-state index in [1.54, 1.807) is 6.92 Å². The van der Waals surface area contributed by atoms with E-state index in [4.69, 9.17) is 10.5 Å². The number of carbonyl (C=O) groups excluding carboxylic acids is 3. The lowest BCUT2D eigenvalue weighted by Crippen LogP contribution is -2.21. The minimum atomic E-state index is -0.580. The first-order valence-corrected chi connectivity index (χ1v) is 5.77. The average Bonchev–Trinajstić information content (AvgIpc) is 2.45. The van der Waals surface area contributed by atoms with E-state index >= 15 is 0 Å². The molecule has 3 N–H and O–H groups in total. The fourth-order valence-corrected chi connectivity index (χ4v) is 1.21. The summed E-state index contributed by atoms with van der Waals surface area (Å²) >= 11 is 0. The summed E-state index contributed by atoms with van der Waals surface area (Å²) in [7, 11) is 0. The molecule has 0 radical (unpaired) electrons. The van der Waals surface area contributed by atoms with Crippen LogP contribution in [0.3, 0.4) is 0 Å². The molecule has 0 saturated carbocycles. The van der Waals surface area contributed by atoms with Crippen LogP contribution in [0.4, 0.5) is 5.95 Å². The number of nitrogens with two attached hydrogens (primary N) is 1. The highest BCUT2D eigenvalue weighted by atomic mass is 16.5. The van der Waals surface area contributed by atoms with Crippen LogP contribution in [0, 0.1) is 0 Å². The van der Waals surface area contributed by atoms with E-state index in [1.165, 1.54) is 12.4 Å². The summed E-state index contributed by atoms with van der Waals surface area (Å²) in [4.78, 5) is 40.9. The third kappa shape index (κ3) is 4.25. The maximum absolute atomic E-state index is 11.7. The molecular weight excluding hydrogens is 264 g/mol. The van der Waals surface area contributed by atoms with E-state index in [1.807, 2.05) is 0 Å². The number of nitrogens with zero attached hydrogens (tertiary/aromatic N) is 2. The van der Waals surface area contributed by atoms with Gasteiger partial charge >= 0.3 is 5.97 Å². The van der Waals surface area contributed by atoms with Gasteiger partial charge in [0.15, 0.2) is 0 Å². The predicted molar refractivity (Wildman–Crippen MR) is 69.8 cm³/mol. The topological polar surface area (TPSA) is 124 Å². The SMILES string of the molecule is CCOC(=O)c1cnc(NC(=O)/C(=C\C=O)CN)nc1. The van der Waals surface area contributed by atoms with Crippen molar-refractivity contribution in [2.75, 3.05) is 18.5 Å². The number of nitrogens with one attached hydrogen (secondary N) is 1. The van der Waals surface area contributed by atoms with Crippen LogP contribution in [0.25, 0.3) is 0 Å². The molecule has 0 saturated heterocycles. The lowest BCUT2D eigenvalue weighted by Gasteiger charge is -2.05. The summed E-state index contributed by atoms with van der Waals surface area (Å²) in [5, 5.41) is 2.36. The highest BCUT2D eigenvalue weighted by Gasteiger charge is 2.11. The first kappa shape index (κ1) is 15.4. The molecule has 8 nitrogen and oxygen atoms in total. The molecule has 1 amide bonds. The Labute approximate surface area is 115 Å². The number of ether oxygens (including phenoxy) is 1. The van der Waals surface area contributed by atoms with Crippen LogP contribution in [0.5, 0.6) is 0 Å². The first-order chi connectivity index (χ1) is 9.62. The number of allylic oxidation sites excluding steroid dienone is 1. The van der Waals surface area contributed by atoms with Gasteiger partial charge in [-0.1, -0.05) is 0 Å². The number of rotatable bonds is 6. The number of hydrogen-bond donors (Lipinski definition) is 2. The van der Waals surface area contributed by atoms with Gasteiger partial charge < -0.3 is 10.5 Å². The van der Waals surface area contributed by atoms with Gasteiger partial charge in [0, 0.05) is 24.5 Å². The van der Waals surface area contributed by atoms with Crippen LogP contribution in [0.1, 0.15) is 17.3 Å². The standard InChI is InChI=1S/C12H14N4O4/c1-2-20-11(19)9-6-14-12(15-7-9)16-10(18)8(5-13)3-4-17/h3-4,6-7H,2,5,13H2,1H3,(H,14,15,16,18)/b8-3-.